The average molecular weight is 350 g/mol. The van der Waals surface area contributed by atoms with Gasteiger partial charge in [-0.1, -0.05) is 0 Å². The third-order valence-corrected chi connectivity index (χ3v) is 4.09. The fourth-order valence-electron chi connectivity index (χ4n) is 2.53. The number of morpholine rings is 1. The molecule has 0 bridgehead atoms. The minimum atomic E-state index is 0.527. The van der Waals surface area contributed by atoms with Crippen LogP contribution in [-0.4, -0.2) is 55.7 Å². The Morgan fingerprint density at radius 2 is 2.12 bits per heavy atom. The fraction of sp³-hybridized carbons (Fsp3) is 0.529. The molecule has 0 amide bonds. The quantitative estimate of drug-likeness (QED) is 0.463. The number of methoxy groups -OCH3 is 1. The molecule has 1 aromatic carbocycles. The monoisotopic (exact) mass is 350 g/mol. The van der Waals surface area contributed by atoms with Gasteiger partial charge in [-0.3, -0.25) is 10.3 Å². The number of rotatable bonds is 6. The lowest BCUT2D eigenvalue weighted by atomic mass is 10.1. The van der Waals surface area contributed by atoms with Gasteiger partial charge in [-0.25, -0.2) is 0 Å². The van der Waals surface area contributed by atoms with Crippen molar-refractivity contribution in [1.29, 1.82) is 0 Å². The molecule has 0 radical (unpaired) electrons. The Hall–Kier alpha value is -1.70. The van der Waals surface area contributed by atoms with E-state index in [1.165, 1.54) is 0 Å². The van der Waals surface area contributed by atoms with Crippen LogP contribution in [-0.2, 0) is 11.3 Å². The number of benzene rings is 1. The summed E-state index contributed by atoms with van der Waals surface area (Å²) in [6, 6.07) is 6.14. The molecule has 132 valence electrons. The molecule has 0 unspecified atom stereocenters. The summed E-state index contributed by atoms with van der Waals surface area (Å²) >= 11 is 5.13. The molecule has 1 fully saturated rings. The van der Waals surface area contributed by atoms with E-state index in [4.69, 9.17) is 21.7 Å². The highest BCUT2D eigenvalue weighted by Crippen LogP contribution is 2.22. The lowest BCUT2D eigenvalue weighted by Gasteiger charge is -2.27. The normalized spacial score (nSPS) is 15.9. The molecule has 0 aliphatic carbocycles. The van der Waals surface area contributed by atoms with E-state index >= 15 is 0 Å². The number of nitrogens with one attached hydrogen (secondary N) is 2. The molecule has 1 aromatic rings. The smallest absolute Gasteiger partial charge is 0.186 e. The zero-order valence-corrected chi connectivity index (χ0v) is 15.4. The first-order valence-electron chi connectivity index (χ1n) is 8.19. The summed E-state index contributed by atoms with van der Waals surface area (Å²) in [5.41, 5.74) is 5.94. The fourth-order valence-corrected chi connectivity index (χ4v) is 2.72. The van der Waals surface area contributed by atoms with E-state index in [9.17, 15) is 0 Å². The van der Waals surface area contributed by atoms with Crippen molar-refractivity contribution in [3.05, 3.63) is 29.3 Å². The van der Waals surface area contributed by atoms with E-state index < -0.39 is 0 Å². The van der Waals surface area contributed by atoms with Crippen molar-refractivity contribution in [3.63, 3.8) is 0 Å². The van der Waals surface area contributed by atoms with Crippen molar-refractivity contribution in [2.75, 3.05) is 40.0 Å². The van der Waals surface area contributed by atoms with Crippen LogP contribution in [0.25, 0.3) is 0 Å². The molecule has 0 aromatic heterocycles. The lowest BCUT2D eigenvalue weighted by Crippen LogP contribution is -2.35. The van der Waals surface area contributed by atoms with Crippen LogP contribution in [0.2, 0.25) is 0 Å². The molecule has 24 heavy (non-hydrogen) atoms. The Balaban J connectivity index is 2.11. The molecule has 2 rings (SSSR count). The van der Waals surface area contributed by atoms with Gasteiger partial charge in [-0.05, 0) is 49.8 Å². The van der Waals surface area contributed by atoms with Crippen LogP contribution < -0.4 is 15.5 Å². The first-order valence-corrected chi connectivity index (χ1v) is 8.60. The summed E-state index contributed by atoms with van der Waals surface area (Å²) in [5.74, 6) is 0.897. The molecule has 6 nitrogen and oxygen atoms in total. The van der Waals surface area contributed by atoms with E-state index in [0.29, 0.717) is 5.11 Å². The van der Waals surface area contributed by atoms with E-state index in [1.807, 2.05) is 26.0 Å². The largest absolute Gasteiger partial charge is 0.496 e. The van der Waals surface area contributed by atoms with Crippen molar-refractivity contribution in [2.24, 2.45) is 5.10 Å². The minimum Gasteiger partial charge on any atom is -0.496 e. The molecule has 1 aliphatic heterocycles. The van der Waals surface area contributed by atoms with E-state index in [2.05, 4.69) is 26.8 Å². The Morgan fingerprint density at radius 1 is 1.38 bits per heavy atom. The summed E-state index contributed by atoms with van der Waals surface area (Å²) in [4.78, 5) is 2.37. The molecule has 2 N–H and O–H groups in total. The summed E-state index contributed by atoms with van der Waals surface area (Å²) in [6.07, 6.45) is 0. The van der Waals surface area contributed by atoms with Crippen LogP contribution in [0.5, 0.6) is 5.75 Å². The van der Waals surface area contributed by atoms with Crippen LogP contribution in [0, 0.1) is 0 Å². The first-order chi connectivity index (χ1) is 11.6. The van der Waals surface area contributed by atoms with Crippen LogP contribution in [0.3, 0.4) is 0 Å². The summed E-state index contributed by atoms with van der Waals surface area (Å²) in [7, 11) is 1.70. The number of hydrogen-bond donors (Lipinski definition) is 2. The molecule has 0 saturated carbocycles. The van der Waals surface area contributed by atoms with Gasteiger partial charge in [0.2, 0.25) is 0 Å². The Kier molecular flexibility index (Phi) is 7.42. The summed E-state index contributed by atoms with van der Waals surface area (Å²) < 4.78 is 10.9. The molecule has 0 atom stereocenters. The van der Waals surface area contributed by atoms with Crippen LogP contribution >= 0.6 is 12.2 Å². The van der Waals surface area contributed by atoms with E-state index in [1.54, 1.807) is 7.11 Å². The summed E-state index contributed by atoms with van der Waals surface area (Å²) in [6.45, 7) is 9.03. The highest BCUT2D eigenvalue weighted by Gasteiger charge is 2.14. The van der Waals surface area contributed by atoms with Crippen molar-refractivity contribution in [1.82, 2.24) is 15.6 Å². The molecule has 1 saturated heterocycles. The van der Waals surface area contributed by atoms with Crippen molar-refractivity contribution in [2.45, 2.75) is 20.4 Å². The minimum absolute atomic E-state index is 0.527. The van der Waals surface area contributed by atoms with Gasteiger partial charge < -0.3 is 14.8 Å². The van der Waals surface area contributed by atoms with Gasteiger partial charge in [0.25, 0.3) is 0 Å². The molecule has 7 heteroatoms. The number of hydrazone groups is 1. The van der Waals surface area contributed by atoms with E-state index in [-0.39, 0.29) is 0 Å². The van der Waals surface area contributed by atoms with E-state index in [0.717, 1.165) is 62.0 Å². The van der Waals surface area contributed by atoms with Crippen molar-refractivity contribution in [3.8, 4) is 5.75 Å². The van der Waals surface area contributed by atoms with Gasteiger partial charge in [0.1, 0.15) is 5.75 Å². The number of nitrogens with zero attached hydrogens (tertiary/aromatic N) is 2. The summed E-state index contributed by atoms with van der Waals surface area (Å²) in [5, 5.41) is 7.88. The standard InChI is InChI=1S/C17H26N4O2S/c1-4-18-17(24)20-19-13(2)14-5-6-16(22-3)15(11-14)12-21-7-9-23-10-8-21/h5-6,11H,4,7-10,12H2,1-3H3,(H2,18,20,24)/b19-13-. The van der Waals surface area contributed by atoms with Gasteiger partial charge in [0.15, 0.2) is 5.11 Å². The van der Waals surface area contributed by atoms with Crippen LogP contribution in [0.15, 0.2) is 23.3 Å². The number of thiocarbonyl (C=S) groups is 1. The van der Waals surface area contributed by atoms with Crippen molar-refractivity contribution >= 4 is 23.0 Å². The number of hydrogen-bond acceptors (Lipinski definition) is 5. The maximum absolute atomic E-state index is 5.51. The van der Waals surface area contributed by atoms with Crippen LogP contribution in [0.1, 0.15) is 25.0 Å². The second-order valence-corrected chi connectivity index (χ2v) is 5.99. The van der Waals surface area contributed by atoms with Crippen LogP contribution in [0.4, 0.5) is 0 Å². The highest BCUT2D eigenvalue weighted by molar-refractivity contribution is 7.80. The molecule has 1 aliphatic rings. The molecule has 0 spiro atoms. The predicted molar refractivity (Wildman–Crippen MR) is 101 cm³/mol. The molecular formula is C17H26N4O2S. The molecular weight excluding hydrogens is 324 g/mol. The Labute approximate surface area is 149 Å². The Bertz CT molecular complexity index is 586. The Morgan fingerprint density at radius 3 is 2.79 bits per heavy atom. The number of ether oxygens (including phenoxy) is 2. The maximum atomic E-state index is 5.51. The third-order valence-electron chi connectivity index (χ3n) is 3.86. The topological polar surface area (TPSA) is 58.1 Å². The van der Waals surface area contributed by atoms with Gasteiger partial charge in [0.05, 0.1) is 26.0 Å². The van der Waals surface area contributed by atoms with Gasteiger partial charge in [-0.2, -0.15) is 5.10 Å². The first kappa shape index (κ1) is 18.6. The van der Waals surface area contributed by atoms with Gasteiger partial charge in [-0.15, -0.1) is 0 Å². The second-order valence-electron chi connectivity index (χ2n) is 5.58. The maximum Gasteiger partial charge on any atom is 0.186 e. The lowest BCUT2D eigenvalue weighted by molar-refractivity contribution is 0.0339. The second kappa shape index (κ2) is 9.56. The van der Waals surface area contributed by atoms with Crippen molar-refractivity contribution < 1.29 is 9.47 Å². The SMILES string of the molecule is CCNC(=S)N/N=C(/C)c1ccc(OC)c(CN2CCOCC2)c1. The average Bonchev–Trinajstić information content (AvgIpc) is 2.61. The van der Waals surface area contributed by atoms with Gasteiger partial charge >= 0.3 is 0 Å². The zero-order valence-electron chi connectivity index (χ0n) is 14.6. The predicted octanol–water partition coefficient (Wildman–Crippen LogP) is 1.74. The van der Waals surface area contributed by atoms with Gasteiger partial charge in [0, 0.05) is 31.7 Å². The zero-order chi connectivity index (χ0) is 17.4. The molecule has 1 heterocycles. The third kappa shape index (κ3) is 5.43. The highest BCUT2D eigenvalue weighted by atomic mass is 32.1.